The molecule has 0 unspecified atom stereocenters. The maximum absolute atomic E-state index is 13.0. The summed E-state index contributed by atoms with van der Waals surface area (Å²) in [4.78, 5) is 41.3. The minimum atomic E-state index is -0.786. The smallest absolute Gasteiger partial charge is 0.258 e. The van der Waals surface area contributed by atoms with Crippen LogP contribution < -0.4 is 5.32 Å². The number of rotatable bonds is 8. The standard InChI is InChI=1S/C23H26ClN3O5/c1-14(22(30)25-18(13-28)15-5-4-6-16(24)11-15)27-10-8-20-17(23(27)31)12-21(32-20)19(29)7-9-26(2)3/h4-7,9,11-12,14,18,28H,8,10,13H2,1-3H3,(H,25,30)/t14-,18-/m1/s1. The lowest BCUT2D eigenvalue weighted by atomic mass is 10.0. The van der Waals surface area contributed by atoms with Crippen LogP contribution in [0.2, 0.25) is 5.02 Å². The normalized spacial score (nSPS) is 15.4. The number of nitrogens with zero attached hydrogens (tertiary/aromatic N) is 2. The van der Waals surface area contributed by atoms with Crippen LogP contribution in [-0.2, 0) is 11.2 Å². The Morgan fingerprint density at radius 3 is 2.75 bits per heavy atom. The minimum Gasteiger partial charge on any atom is -0.457 e. The number of carbonyl (C=O) groups excluding carboxylic acids is 3. The number of ketones is 1. The van der Waals surface area contributed by atoms with E-state index >= 15 is 0 Å². The van der Waals surface area contributed by atoms with E-state index in [0.29, 0.717) is 22.8 Å². The fourth-order valence-electron chi connectivity index (χ4n) is 3.46. The number of benzene rings is 1. The molecule has 1 aromatic heterocycles. The van der Waals surface area contributed by atoms with E-state index in [0.717, 1.165) is 0 Å². The summed E-state index contributed by atoms with van der Waals surface area (Å²) in [6, 6.07) is 6.85. The molecule has 0 bridgehead atoms. The second-order valence-electron chi connectivity index (χ2n) is 7.81. The van der Waals surface area contributed by atoms with Gasteiger partial charge in [0, 0.05) is 50.4 Å². The topological polar surface area (TPSA) is 103 Å². The monoisotopic (exact) mass is 459 g/mol. The summed E-state index contributed by atoms with van der Waals surface area (Å²) in [6.07, 6.45) is 3.36. The average molecular weight is 460 g/mol. The van der Waals surface area contributed by atoms with Gasteiger partial charge in [-0.1, -0.05) is 23.7 Å². The van der Waals surface area contributed by atoms with E-state index in [1.165, 1.54) is 17.0 Å². The summed E-state index contributed by atoms with van der Waals surface area (Å²) in [5.41, 5.74) is 0.947. The highest BCUT2D eigenvalue weighted by Crippen LogP contribution is 2.25. The van der Waals surface area contributed by atoms with Crippen molar-refractivity contribution in [1.82, 2.24) is 15.1 Å². The molecule has 3 rings (SSSR count). The van der Waals surface area contributed by atoms with Crippen molar-refractivity contribution in [3.05, 3.63) is 70.3 Å². The summed E-state index contributed by atoms with van der Waals surface area (Å²) < 4.78 is 5.60. The molecule has 2 atom stereocenters. The second kappa shape index (κ2) is 10.0. The van der Waals surface area contributed by atoms with Gasteiger partial charge in [-0.05, 0) is 24.6 Å². The third-order valence-corrected chi connectivity index (χ3v) is 5.48. The molecule has 1 aliphatic rings. The molecule has 0 spiro atoms. The lowest BCUT2D eigenvalue weighted by Gasteiger charge is -2.32. The molecule has 2 N–H and O–H groups in total. The molecule has 170 valence electrons. The highest BCUT2D eigenvalue weighted by molar-refractivity contribution is 6.30. The molecule has 0 saturated carbocycles. The molecule has 2 amide bonds. The van der Waals surface area contributed by atoms with Crippen molar-refractivity contribution < 1.29 is 23.9 Å². The largest absolute Gasteiger partial charge is 0.457 e. The van der Waals surface area contributed by atoms with Crippen molar-refractivity contribution in [1.29, 1.82) is 0 Å². The van der Waals surface area contributed by atoms with E-state index < -0.39 is 18.0 Å². The van der Waals surface area contributed by atoms with E-state index in [4.69, 9.17) is 16.0 Å². The van der Waals surface area contributed by atoms with Gasteiger partial charge in [-0.25, -0.2) is 0 Å². The van der Waals surface area contributed by atoms with Crippen LogP contribution in [0.1, 0.15) is 45.2 Å². The van der Waals surface area contributed by atoms with Crippen molar-refractivity contribution >= 4 is 29.2 Å². The van der Waals surface area contributed by atoms with Gasteiger partial charge in [-0.15, -0.1) is 0 Å². The molecule has 32 heavy (non-hydrogen) atoms. The number of hydrogen-bond acceptors (Lipinski definition) is 6. The van der Waals surface area contributed by atoms with Gasteiger partial charge in [-0.3, -0.25) is 14.4 Å². The zero-order valence-electron chi connectivity index (χ0n) is 18.2. The van der Waals surface area contributed by atoms with E-state index in [-0.39, 0.29) is 36.2 Å². The number of hydrogen-bond donors (Lipinski definition) is 2. The van der Waals surface area contributed by atoms with Crippen LogP contribution in [0.5, 0.6) is 0 Å². The van der Waals surface area contributed by atoms with Crippen molar-refractivity contribution in [3.63, 3.8) is 0 Å². The number of aliphatic hydroxyl groups is 1. The van der Waals surface area contributed by atoms with Crippen LogP contribution in [0.4, 0.5) is 0 Å². The Labute approximate surface area is 191 Å². The summed E-state index contributed by atoms with van der Waals surface area (Å²) in [7, 11) is 3.58. The minimum absolute atomic E-state index is 0.0849. The van der Waals surface area contributed by atoms with Crippen molar-refractivity contribution in [3.8, 4) is 0 Å². The quantitative estimate of drug-likeness (QED) is 0.464. The van der Waals surface area contributed by atoms with Gasteiger partial charge >= 0.3 is 0 Å². The van der Waals surface area contributed by atoms with Crippen LogP contribution in [0.25, 0.3) is 0 Å². The molecule has 9 heteroatoms. The van der Waals surface area contributed by atoms with Crippen LogP contribution in [0.3, 0.4) is 0 Å². The first-order valence-corrected chi connectivity index (χ1v) is 10.6. The summed E-state index contributed by atoms with van der Waals surface area (Å²) in [5, 5.41) is 13.0. The van der Waals surface area contributed by atoms with Gasteiger partial charge in [0.05, 0.1) is 18.2 Å². The molecule has 0 aliphatic carbocycles. The van der Waals surface area contributed by atoms with Gasteiger partial charge in [0.1, 0.15) is 11.8 Å². The zero-order valence-corrected chi connectivity index (χ0v) is 18.9. The Morgan fingerprint density at radius 2 is 2.09 bits per heavy atom. The molecule has 1 aromatic carbocycles. The Bertz CT molecular complexity index is 1050. The molecule has 0 fully saturated rings. The summed E-state index contributed by atoms with van der Waals surface area (Å²) >= 11 is 6.01. The number of fused-ring (bicyclic) bond motifs is 1. The van der Waals surface area contributed by atoms with Crippen LogP contribution in [0, 0.1) is 0 Å². The number of furan rings is 1. The lowest BCUT2D eigenvalue weighted by Crippen LogP contribution is -2.51. The summed E-state index contributed by atoms with van der Waals surface area (Å²) in [5.74, 6) is -0.606. The van der Waals surface area contributed by atoms with E-state index in [1.807, 2.05) is 0 Å². The summed E-state index contributed by atoms with van der Waals surface area (Å²) in [6.45, 7) is 1.58. The van der Waals surface area contributed by atoms with Gasteiger partial charge in [0.15, 0.2) is 5.76 Å². The zero-order chi connectivity index (χ0) is 23.4. The van der Waals surface area contributed by atoms with Crippen molar-refractivity contribution in [2.75, 3.05) is 27.2 Å². The van der Waals surface area contributed by atoms with E-state index in [1.54, 1.807) is 56.4 Å². The van der Waals surface area contributed by atoms with Gasteiger partial charge in [-0.2, -0.15) is 0 Å². The van der Waals surface area contributed by atoms with Gasteiger partial charge in [0.2, 0.25) is 11.7 Å². The molecule has 1 aliphatic heterocycles. The fraction of sp³-hybridized carbons (Fsp3) is 0.348. The molecule has 0 saturated heterocycles. The molecular formula is C23H26ClN3O5. The average Bonchev–Trinajstić information content (AvgIpc) is 3.21. The highest BCUT2D eigenvalue weighted by atomic mass is 35.5. The van der Waals surface area contributed by atoms with Crippen LogP contribution in [0.15, 0.2) is 47.0 Å². The Morgan fingerprint density at radius 1 is 1.34 bits per heavy atom. The highest BCUT2D eigenvalue weighted by Gasteiger charge is 2.35. The Hall–Kier alpha value is -3.10. The molecule has 2 aromatic rings. The molecule has 2 heterocycles. The second-order valence-corrected chi connectivity index (χ2v) is 8.25. The first-order valence-electron chi connectivity index (χ1n) is 10.2. The molecule has 8 nitrogen and oxygen atoms in total. The first-order chi connectivity index (χ1) is 15.2. The van der Waals surface area contributed by atoms with Gasteiger partial charge < -0.3 is 24.6 Å². The van der Waals surface area contributed by atoms with Crippen LogP contribution >= 0.6 is 11.6 Å². The third kappa shape index (κ3) is 5.20. The maximum atomic E-state index is 13.0. The van der Waals surface area contributed by atoms with Crippen LogP contribution in [-0.4, -0.2) is 65.8 Å². The number of aliphatic hydroxyl groups excluding tert-OH is 1. The van der Waals surface area contributed by atoms with Crippen molar-refractivity contribution in [2.24, 2.45) is 0 Å². The SMILES string of the molecule is C[C@H](C(=O)N[C@H](CO)c1cccc(Cl)c1)N1CCc2oc(C(=O)C=CN(C)C)cc2C1=O. The van der Waals surface area contributed by atoms with E-state index in [2.05, 4.69) is 5.32 Å². The fourth-order valence-corrected chi connectivity index (χ4v) is 3.65. The number of allylic oxidation sites excluding steroid dienone is 1. The van der Waals surface area contributed by atoms with Crippen molar-refractivity contribution in [2.45, 2.75) is 25.4 Å². The van der Waals surface area contributed by atoms with Gasteiger partial charge in [0.25, 0.3) is 5.91 Å². The lowest BCUT2D eigenvalue weighted by molar-refractivity contribution is -0.126. The number of nitrogens with one attached hydrogen (secondary N) is 1. The van der Waals surface area contributed by atoms with E-state index in [9.17, 15) is 19.5 Å². The molecule has 0 radical (unpaired) electrons. The predicted molar refractivity (Wildman–Crippen MR) is 119 cm³/mol. The third-order valence-electron chi connectivity index (χ3n) is 5.24. The Balaban J connectivity index is 1.72. The number of amides is 2. The predicted octanol–water partition coefficient (Wildman–Crippen LogP) is 2.43. The molecular weight excluding hydrogens is 434 g/mol. The number of halogens is 1. The Kier molecular flexibility index (Phi) is 7.37. The maximum Gasteiger partial charge on any atom is 0.258 e. The number of carbonyl (C=O) groups is 3. The first kappa shape index (κ1) is 23.6.